The zero-order valence-electron chi connectivity index (χ0n) is 29.0. The Bertz CT molecular complexity index is 2350. The van der Waals surface area contributed by atoms with Crippen LogP contribution in [0.5, 0.6) is 0 Å². The van der Waals surface area contributed by atoms with E-state index < -0.39 is 115 Å². The molecule has 0 saturated heterocycles. The summed E-state index contributed by atoms with van der Waals surface area (Å²) in [6.45, 7) is 6.24. The van der Waals surface area contributed by atoms with Crippen LogP contribution in [0.2, 0.25) is 0 Å². The minimum absolute atomic E-state index is 0.321. The molecule has 0 spiro atoms. The van der Waals surface area contributed by atoms with Crippen LogP contribution in [0, 0.1) is 11.8 Å². The van der Waals surface area contributed by atoms with Crippen LogP contribution >= 0.6 is 0 Å². The predicted octanol–water partition coefficient (Wildman–Crippen LogP) is 10.3. The van der Waals surface area contributed by atoms with Crippen LogP contribution in [-0.2, 0) is 19.7 Å². The van der Waals surface area contributed by atoms with Crippen molar-refractivity contribution in [2.45, 2.75) is 77.6 Å². The lowest BCUT2D eigenvalue weighted by molar-refractivity contribution is -0.257. The van der Waals surface area contributed by atoms with Crippen molar-refractivity contribution in [3.8, 4) is 22.3 Å². The van der Waals surface area contributed by atoms with Crippen LogP contribution in [0.25, 0.3) is 33.4 Å². The summed E-state index contributed by atoms with van der Waals surface area (Å²) in [6, 6.07) is 24.5. The highest BCUT2D eigenvalue weighted by atomic mass is 32.2. The van der Waals surface area contributed by atoms with Crippen molar-refractivity contribution in [1.82, 2.24) is 0 Å². The number of sulfone groups is 2. The number of allylic oxidation sites excluding steroid dienone is 2. The van der Waals surface area contributed by atoms with Crippen LogP contribution in [0.4, 0.5) is 26.3 Å². The first-order valence-corrected chi connectivity index (χ1v) is 20.2. The maximum absolute atomic E-state index is 16.6. The van der Waals surface area contributed by atoms with Crippen molar-refractivity contribution in [1.29, 1.82) is 0 Å². The second kappa shape index (κ2) is 11.0. The minimum atomic E-state index is -6.03. The van der Waals surface area contributed by atoms with Crippen LogP contribution < -0.4 is 0 Å². The quantitative estimate of drug-likeness (QED) is 0.183. The fourth-order valence-electron chi connectivity index (χ4n) is 9.41. The monoisotopic (exact) mass is 768 g/mol. The zero-order chi connectivity index (χ0) is 38.3. The molecule has 2 atom stereocenters. The third-order valence-corrected chi connectivity index (χ3v) is 16.5. The number of hydrogen-bond acceptors (Lipinski definition) is 4. The van der Waals surface area contributed by atoms with E-state index in [0.717, 1.165) is 12.1 Å². The van der Waals surface area contributed by atoms with Crippen molar-refractivity contribution in [2.24, 2.45) is 11.8 Å². The normalized spacial score (nSPS) is 26.3. The number of benzene rings is 4. The molecule has 2 heterocycles. The summed E-state index contributed by atoms with van der Waals surface area (Å²) in [5.74, 6) is -18.7. The molecule has 4 aromatic carbocycles. The molecule has 2 unspecified atom stereocenters. The molecule has 8 rings (SSSR count). The highest BCUT2D eigenvalue weighted by Gasteiger charge is 2.88. The van der Waals surface area contributed by atoms with E-state index in [1.165, 1.54) is 24.3 Å². The second-order valence-corrected chi connectivity index (χ2v) is 19.5. The van der Waals surface area contributed by atoms with Crippen molar-refractivity contribution in [3.05, 3.63) is 119 Å². The molecule has 53 heavy (non-hydrogen) atoms. The van der Waals surface area contributed by atoms with E-state index in [1.54, 1.807) is 88.4 Å². The number of halogens is 6. The fourth-order valence-corrected chi connectivity index (χ4v) is 15.6. The summed E-state index contributed by atoms with van der Waals surface area (Å²) < 4.78 is 155. The Hall–Kier alpha value is -4.16. The lowest BCUT2D eigenvalue weighted by Crippen LogP contribution is -2.63. The van der Waals surface area contributed by atoms with Gasteiger partial charge in [-0.05, 0) is 81.3 Å². The van der Waals surface area contributed by atoms with E-state index in [0.29, 0.717) is 22.3 Å². The maximum Gasteiger partial charge on any atom is 0.380 e. The second-order valence-electron chi connectivity index (χ2n) is 15.2. The van der Waals surface area contributed by atoms with Gasteiger partial charge >= 0.3 is 17.8 Å². The Labute approximate surface area is 304 Å². The van der Waals surface area contributed by atoms with E-state index in [1.807, 2.05) is 0 Å². The molecule has 0 aromatic heterocycles. The van der Waals surface area contributed by atoms with Gasteiger partial charge in [-0.1, -0.05) is 113 Å². The number of rotatable bonds is 6. The Morgan fingerprint density at radius 2 is 0.811 bits per heavy atom. The molecule has 12 heteroatoms. The molecular weight excluding hydrogens is 735 g/mol. The van der Waals surface area contributed by atoms with Crippen molar-refractivity contribution in [2.75, 3.05) is 0 Å². The van der Waals surface area contributed by atoms with Gasteiger partial charge in [0.1, 0.15) is 9.49 Å². The summed E-state index contributed by atoms with van der Waals surface area (Å²) in [6.07, 6.45) is -1.28. The molecule has 2 aliphatic carbocycles. The van der Waals surface area contributed by atoms with E-state index in [9.17, 15) is 0 Å². The molecule has 1 saturated carbocycles. The first kappa shape index (κ1) is 35.8. The minimum Gasteiger partial charge on any atom is -0.223 e. The summed E-state index contributed by atoms with van der Waals surface area (Å²) in [5, 5.41) is 0. The van der Waals surface area contributed by atoms with Gasteiger partial charge in [-0.2, -0.15) is 26.3 Å². The summed E-state index contributed by atoms with van der Waals surface area (Å²) in [4.78, 5) is -1.15. The third kappa shape index (κ3) is 4.09. The zero-order valence-corrected chi connectivity index (χ0v) is 30.7. The Morgan fingerprint density at radius 1 is 0.472 bits per heavy atom. The predicted molar refractivity (Wildman–Crippen MR) is 191 cm³/mol. The van der Waals surface area contributed by atoms with Gasteiger partial charge in [-0.25, -0.2) is 16.8 Å². The lowest BCUT2D eigenvalue weighted by atomic mass is 9.62. The van der Waals surface area contributed by atoms with E-state index in [2.05, 4.69) is 0 Å². The third-order valence-electron chi connectivity index (χ3n) is 11.2. The lowest BCUT2D eigenvalue weighted by Gasteiger charge is -2.51. The Kier molecular flexibility index (Phi) is 7.42. The summed E-state index contributed by atoms with van der Waals surface area (Å²) in [5.41, 5.74) is -4.85. The molecule has 276 valence electrons. The first-order valence-electron chi connectivity index (χ1n) is 17.2. The van der Waals surface area contributed by atoms with E-state index in [-0.39, 0.29) is 0 Å². The van der Waals surface area contributed by atoms with Gasteiger partial charge in [0.25, 0.3) is 0 Å². The molecule has 0 amide bonds. The highest BCUT2D eigenvalue weighted by molar-refractivity contribution is 7.98. The molecule has 4 aromatic rings. The van der Waals surface area contributed by atoms with Gasteiger partial charge in [-0.15, -0.1) is 0 Å². The molecule has 0 bridgehead atoms. The number of fused-ring (bicyclic) bond motifs is 8. The summed E-state index contributed by atoms with van der Waals surface area (Å²) in [7, 11) is -10.3. The molecule has 2 aliphatic heterocycles. The van der Waals surface area contributed by atoms with Crippen LogP contribution in [0.3, 0.4) is 0 Å². The van der Waals surface area contributed by atoms with Gasteiger partial charge < -0.3 is 0 Å². The average molecular weight is 769 g/mol. The largest absolute Gasteiger partial charge is 0.380 e. The maximum atomic E-state index is 16.6. The standard InChI is InChI=1S/C41H34F6O4S2/c1-23(2)21-37-33(29-17-15-27(19-31(29)52(37,48)49)25-11-7-5-8-12-25)35-36(40(44,45)41(46,47)39(35,42)43)34-30-18-16-28(26-13-9-6-10-14-26)20-32(30)53(50,51)38(34,37)22-24(3)4/h5-20,23-24H,21-22H2,1-4H3. The van der Waals surface area contributed by atoms with Crippen LogP contribution in [0.15, 0.2) is 118 Å². The SMILES string of the molecule is CC(C)CC12C(=C3C(=C4c5ccc(-c6ccccc6)cc5S(=O)(=O)C41CC(C)C)C(F)(F)C(F)(F)C3(F)F)c1ccc(-c3ccccc3)cc1S2(=O)=O. The van der Waals surface area contributed by atoms with Gasteiger partial charge in [-0.3, -0.25) is 0 Å². The summed E-state index contributed by atoms with van der Waals surface area (Å²) >= 11 is 0. The first-order chi connectivity index (χ1) is 24.7. The molecule has 4 nitrogen and oxygen atoms in total. The number of hydrogen-bond donors (Lipinski definition) is 0. The van der Waals surface area contributed by atoms with E-state index in [4.69, 9.17) is 0 Å². The van der Waals surface area contributed by atoms with Crippen molar-refractivity contribution in [3.63, 3.8) is 0 Å². The fraction of sp³-hybridized carbons (Fsp3) is 0.317. The molecule has 0 radical (unpaired) electrons. The van der Waals surface area contributed by atoms with Crippen LogP contribution in [0.1, 0.15) is 51.7 Å². The van der Waals surface area contributed by atoms with Gasteiger partial charge in [0.2, 0.25) is 0 Å². The highest BCUT2D eigenvalue weighted by Crippen LogP contribution is 2.77. The van der Waals surface area contributed by atoms with Gasteiger partial charge in [0.05, 0.1) is 9.79 Å². The molecule has 1 fully saturated rings. The topological polar surface area (TPSA) is 68.3 Å². The molecule has 0 N–H and O–H groups in total. The molecular formula is C41H34F6O4S2. The average Bonchev–Trinajstić information content (AvgIpc) is 3.46. The van der Waals surface area contributed by atoms with Crippen LogP contribution in [-0.4, -0.2) is 44.1 Å². The van der Waals surface area contributed by atoms with Crippen molar-refractivity contribution < 1.29 is 43.2 Å². The van der Waals surface area contributed by atoms with Crippen molar-refractivity contribution >= 4 is 30.8 Å². The number of alkyl halides is 6. The Balaban J connectivity index is 1.62. The van der Waals surface area contributed by atoms with E-state index >= 15 is 43.2 Å². The van der Waals surface area contributed by atoms with Gasteiger partial charge in [0, 0.05) is 11.1 Å². The molecule has 4 aliphatic rings. The smallest absolute Gasteiger partial charge is 0.223 e. The van der Waals surface area contributed by atoms with Gasteiger partial charge in [0.15, 0.2) is 19.7 Å². The Morgan fingerprint density at radius 3 is 1.13 bits per heavy atom.